The minimum absolute atomic E-state index is 0.0632. The van der Waals surface area contributed by atoms with E-state index in [1.807, 2.05) is 0 Å². The monoisotopic (exact) mass is 389 g/mol. The molecule has 4 N–H and O–H groups in total. The van der Waals surface area contributed by atoms with Crippen molar-refractivity contribution in [1.29, 1.82) is 0 Å². The second-order valence-corrected chi connectivity index (χ2v) is 5.76. The number of nitrogens with two attached hydrogens (primary N) is 1. The first-order chi connectivity index (χ1) is 13.2. The van der Waals surface area contributed by atoms with Gasteiger partial charge in [-0.3, -0.25) is 4.79 Å². The van der Waals surface area contributed by atoms with Crippen LogP contribution in [0.5, 0.6) is 0 Å². The van der Waals surface area contributed by atoms with Gasteiger partial charge in [0.15, 0.2) is 5.76 Å². The number of carbonyl (C=O) groups excluding carboxylic acids is 2. The largest absolute Gasteiger partial charge is 0.451 e. The molecule has 0 aliphatic heterocycles. The van der Waals surface area contributed by atoms with Gasteiger partial charge in [-0.25, -0.2) is 4.79 Å². The average Bonchev–Trinajstić information content (AvgIpc) is 3.13. The van der Waals surface area contributed by atoms with Crippen molar-refractivity contribution in [2.75, 3.05) is 10.6 Å². The molecule has 0 fully saturated rings. The first kappa shape index (κ1) is 19.0. The number of hydrogen-bond acceptors (Lipinski definition) is 3. The van der Waals surface area contributed by atoms with Crippen molar-refractivity contribution in [2.24, 2.45) is 5.73 Å². The van der Waals surface area contributed by atoms with Gasteiger partial charge < -0.3 is 20.8 Å². The van der Waals surface area contributed by atoms with Crippen molar-refractivity contribution in [3.8, 4) is 11.3 Å². The summed E-state index contributed by atoms with van der Waals surface area (Å²) in [7, 11) is 0. The first-order valence-electron chi connectivity index (χ1n) is 7.98. The van der Waals surface area contributed by atoms with E-state index >= 15 is 0 Å². The quantitative estimate of drug-likeness (QED) is 0.603. The summed E-state index contributed by atoms with van der Waals surface area (Å²) in [6.45, 7) is 0. The summed E-state index contributed by atoms with van der Waals surface area (Å²) < 4.78 is 43.9. The molecule has 1 aromatic heterocycles. The summed E-state index contributed by atoms with van der Waals surface area (Å²) in [5.74, 6) is -0.502. The minimum atomic E-state index is -4.47. The van der Waals surface area contributed by atoms with Crippen molar-refractivity contribution < 1.29 is 27.2 Å². The number of hydrogen-bond donors (Lipinski definition) is 3. The van der Waals surface area contributed by atoms with Crippen molar-refractivity contribution in [2.45, 2.75) is 6.18 Å². The molecule has 6 nitrogen and oxygen atoms in total. The lowest BCUT2D eigenvalue weighted by atomic mass is 10.1. The summed E-state index contributed by atoms with van der Waals surface area (Å²) in [4.78, 5) is 23.1. The number of anilines is 2. The fourth-order valence-corrected chi connectivity index (χ4v) is 2.44. The maximum absolute atomic E-state index is 12.8. The SMILES string of the molecule is NC(=O)Nc1ccc(NC(=O)c2ccc(-c3cccc(C(F)(F)F)c3)o2)cc1. The van der Waals surface area contributed by atoms with E-state index in [0.717, 1.165) is 12.1 Å². The van der Waals surface area contributed by atoms with Crippen LogP contribution in [0.3, 0.4) is 0 Å². The lowest BCUT2D eigenvalue weighted by Gasteiger charge is -2.07. The zero-order valence-corrected chi connectivity index (χ0v) is 14.2. The topological polar surface area (TPSA) is 97.4 Å². The van der Waals surface area contributed by atoms with Crippen LogP contribution in [0.2, 0.25) is 0 Å². The standard InChI is InChI=1S/C19H14F3N3O3/c20-19(21,22)12-3-1-2-11(10-12)15-8-9-16(28-15)17(26)24-13-4-6-14(7-5-13)25-18(23)27/h1-10H,(H,24,26)(H3,23,25,27). The summed E-state index contributed by atoms with van der Waals surface area (Å²) in [5, 5.41) is 4.96. The molecular weight excluding hydrogens is 375 g/mol. The Morgan fingerprint density at radius 3 is 2.14 bits per heavy atom. The molecule has 0 spiro atoms. The molecule has 0 aliphatic rings. The van der Waals surface area contributed by atoms with Gasteiger partial charge in [0.2, 0.25) is 0 Å². The van der Waals surface area contributed by atoms with E-state index in [1.165, 1.54) is 36.4 Å². The molecule has 0 radical (unpaired) electrons. The molecule has 0 bridgehead atoms. The van der Waals surface area contributed by atoms with Crippen LogP contribution in [-0.2, 0) is 6.18 Å². The molecule has 3 aromatic rings. The Kier molecular flexibility index (Phi) is 5.08. The number of urea groups is 1. The highest BCUT2D eigenvalue weighted by Gasteiger charge is 2.30. The lowest BCUT2D eigenvalue weighted by Crippen LogP contribution is -2.19. The van der Waals surface area contributed by atoms with Crippen LogP contribution >= 0.6 is 0 Å². The zero-order valence-electron chi connectivity index (χ0n) is 14.2. The molecular formula is C19H14F3N3O3. The highest BCUT2D eigenvalue weighted by molar-refractivity contribution is 6.02. The number of primary amides is 1. The first-order valence-corrected chi connectivity index (χ1v) is 7.98. The van der Waals surface area contributed by atoms with Crippen LogP contribution in [-0.4, -0.2) is 11.9 Å². The fourth-order valence-electron chi connectivity index (χ4n) is 2.44. The molecule has 3 rings (SSSR count). The van der Waals surface area contributed by atoms with E-state index in [2.05, 4.69) is 10.6 Å². The minimum Gasteiger partial charge on any atom is -0.451 e. The smallest absolute Gasteiger partial charge is 0.416 e. The molecule has 2 aromatic carbocycles. The van der Waals surface area contributed by atoms with E-state index in [-0.39, 0.29) is 17.1 Å². The third kappa shape index (κ3) is 4.50. The molecule has 3 amide bonds. The zero-order chi connectivity index (χ0) is 20.3. The van der Waals surface area contributed by atoms with Gasteiger partial charge in [-0.2, -0.15) is 13.2 Å². The van der Waals surface area contributed by atoms with Crippen molar-refractivity contribution >= 4 is 23.3 Å². The Morgan fingerprint density at radius 1 is 0.893 bits per heavy atom. The van der Waals surface area contributed by atoms with Gasteiger partial charge in [-0.15, -0.1) is 0 Å². The Bertz CT molecular complexity index is 1010. The van der Waals surface area contributed by atoms with E-state index in [9.17, 15) is 22.8 Å². The number of amides is 3. The summed E-state index contributed by atoms with van der Waals surface area (Å²) in [5.41, 5.74) is 5.29. The molecule has 9 heteroatoms. The summed E-state index contributed by atoms with van der Waals surface area (Å²) in [6.07, 6.45) is -4.47. The highest BCUT2D eigenvalue weighted by atomic mass is 19.4. The molecule has 1 heterocycles. The van der Waals surface area contributed by atoms with E-state index in [4.69, 9.17) is 10.2 Å². The Morgan fingerprint density at radius 2 is 1.54 bits per heavy atom. The van der Waals surface area contributed by atoms with Crippen molar-refractivity contribution in [3.63, 3.8) is 0 Å². The second kappa shape index (κ2) is 7.47. The van der Waals surface area contributed by atoms with Crippen molar-refractivity contribution in [1.82, 2.24) is 0 Å². The van der Waals surface area contributed by atoms with Crippen LogP contribution in [0.1, 0.15) is 16.1 Å². The van der Waals surface area contributed by atoms with Gasteiger partial charge in [-0.1, -0.05) is 12.1 Å². The van der Waals surface area contributed by atoms with Crippen molar-refractivity contribution in [3.05, 3.63) is 72.0 Å². The van der Waals surface area contributed by atoms with Crippen LogP contribution in [0.4, 0.5) is 29.3 Å². The highest BCUT2D eigenvalue weighted by Crippen LogP contribution is 2.32. The van der Waals surface area contributed by atoms with Gasteiger partial charge in [0.25, 0.3) is 5.91 Å². The van der Waals surface area contributed by atoms with Gasteiger partial charge >= 0.3 is 12.2 Å². The number of carbonyl (C=O) groups is 2. The number of rotatable bonds is 4. The predicted octanol–water partition coefficient (Wildman–Crippen LogP) is 4.71. The molecule has 0 atom stereocenters. The summed E-state index contributed by atoms with van der Waals surface area (Å²) >= 11 is 0. The number of nitrogens with one attached hydrogen (secondary N) is 2. The molecule has 144 valence electrons. The number of halogens is 3. The lowest BCUT2D eigenvalue weighted by molar-refractivity contribution is -0.137. The summed E-state index contributed by atoms with van der Waals surface area (Å²) in [6, 6.07) is 12.9. The van der Waals surface area contributed by atoms with Gasteiger partial charge in [0, 0.05) is 16.9 Å². The molecule has 0 saturated carbocycles. The normalized spacial score (nSPS) is 11.1. The average molecular weight is 389 g/mol. The van der Waals surface area contributed by atoms with E-state index < -0.39 is 23.7 Å². The predicted molar refractivity (Wildman–Crippen MR) is 96.7 cm³/mol. The van der Waals surface area contributed by atoms with Crippen LogP contribution in [0, 0.1) is 0 Å². The maximum atomic E-state index is 12.8. The second-order valence-electron chi connectivity index (χ2n) is 5.76. The van der Waals surface area contributed by atoms with Gasteiger partial charge in [0.05, 0.1) is 5.56 Å². The molecule has 0 saturated heterocycles. The van der Waals surface area contributed by atoms with Crippen LogP contribution < -0.4 is 16.4 Å². The van der Waals surface area contributed by atoms with Gasteiger partial charge in [-0.05, 0) is 48.5 Å². The van der Waals surface area contributed by atoms with E-state index in [1.54, 1.807) is 12.1 Å². The third-order valence-electron chi connectivity index (χ3n) is 3.71. The maximum Gasteiger partial charge on any atom is 0.416 e. The van der Waals surface area contributed by atoms with Crippen LogP contribution in [0.25, 0.3) is 11.3 Å². The number of alkyl halides is 3. The van der Waals surface area contributed by atoms with E-state index in [0.29, 0.717) is 11.4 Å². The Hall–Kier alpha value is -3.75. The number of furan rings is 1. The molecule has 0 unspecified atom stereocenters. The number of benzene rings is 2. The Labute approximate surface area is 157 Å². The molecule has 28 heavy (non-hydrogen) atoms. The van der Waals surface area contributed by atoms with Gasteiger partial charge in [0.1, 0.15) is 5.76 Å². The van der Waals surface area contributed by atoms with Crippen LogP contribution in [0.15, 0.2) is 65.1 Å². The molecule has 0 aliphatic carbocycles. The Balaban J connectivity index is 1.73. The fraction of sp³-hybridized carbons (Fsp3) is 0.0526. The third-order valence-corrected chi connectivity index (χ3v) is 3.71.